The summed E-state index contributed by atoms with van der Waals surface area (Å²) in [5.74, 6) is 0.859. The first-order valence-electron chi connectivity index (χ1n) is 8.97. The third-order valence-corrected chi connectivity index (χ3v) is 6.46. The molecule has 2 fully saturated rings. The van der Waals surface area contributed by atoms with Crippen molar-refractivity contribution in [3.8, 4) is 10.8 Å². The molecule has 2 aliphatic heterocycles. The maximum Gasteiger partial charge on any atom is 0.227 e. The SMILES string of the molecule is CC[C@@]1(C(=O)NCCc2csc(-c3ncccn3)n2)C[C@@H]2CC[C@H]1N2. The van der Waals surface area contributed by atoms with Crippen molar-refractivity contribution in [2.24, 2.45) is 5.41 Å². The number of hydrogen-bond acceptors (Lipinski definition) is 6. The minimum Gasteiger partial charge on any atom is -0.355 e. The van der Waals surface area contributed by atoms with Gasteiger partial charge in [0.2, 0.25) is 5.91 Å². The maximum absolute atomic E-state index is 12.8. The molecule has 4 heterocycles. The Bertz CT molecular complexity index is 749. The topological polar surface area (TPSA) is 79.8 Å². The molecule has 2 aromatic rings. The molecule has 2 N–H and O–H groups in total. The summed E-state index contributed by atoms with van der Waals surface area (Å²) in [6.45, 7) is 2.76. The van der Waals surface area contributed by atoms with Crippen LogP contribution < -0.4 is 10.6 Å². The van der Waals surface area contributed by atoms with E-state index in [1.54, 1.807) is 29.8 Å². The summed E-state index contributed by atoms with van der Waals surface area (Å²) in [7, 11) is 0. The van der Waals surface area contributed by atoms with Crippen molar-refractivity contribution < 1.29 is 4.79 Å². The molecule has 2 aliphatic rings. The molecule has 1 amide bonds. The van der Waals surface area contributed by atoms with Gasteiger partial charge in [0.25, 0.3) is 0 Å². The lowest BCUT2D eigenvalue weighted by Crippen LogP contribution is -2.48. The maximum atomic E-state index is 12.8. The van der Waals surface area contributed by atoms with E-state index in [2.05, 4.69) is 32.5 Å². The second-order valence-corrected chi connectivity index (χ2v) is 7.79. The zero-order valence-electron chi connectivity index (χ0n) is 14.4. The van der Waals surface area contributed by atoms with Gasteiger partial charge in [0, 0.05) is 42.8 Å². The highest BCUT2D eigenvalue weighted by Gasteiger charge is 2.54. The average molecular weight is 357 g/mol. The molecule has 0 saturated carbocycles. The van der Waals surface area contributed by atoms with Gasteiger partial charge in [0.15, 0.2) is 10.8 Å². The lowest BCUT2D eigenvalue weighted by molar-refractivity contribution is -0.132. The van der Waals surface area contributed by atoms with Crippen molar-refractivity contribution in [1.29, 1.82) is 0 Å². The molecule has 0 spiro atoms. The molecule has 132 valence electrons. The van der Waals surface area contributed by atoms with Gasteiger partial charge in [-0.15, -0.1) is 11.3 Å². The van der Waals surface area contributed by atoms with Gasteiger partial charge in [-0.1, -0.05) is 6.92 Å². The molecular formula is C18H23N5OS. The Balaban J connectivity index is 1.34. The Labute approximate surface area is 151 Å². The van der Waals surface area contributed by atoms with Gasteiger partial charge in [0.05, 0.1) is 11.1 Å². The first kappa shape index (κ1) is 16.6. The molecule has 2 saturated heterocycles. The number of thiazole rings is 1. The van der Waals surface area contributed by atoms with E-state index in [0.717, 1.165) is 36.4 Å². The van der Waals surface area contributed by atoms with Gasteiger partial charge in [0.1, 0.15) is 0 Å². The van der Waals surface area contributed by atoms with Crippen LogP contribution in [-0.4, -0.2) is 39.5 Å². The summed E-state index contributed by atoms with van der Waals surface area (Å²) in [5.41, 5.74) is 0.762. The van der Waals surface area contributed by atoms with Crippen LogP contribution in [0.4, 0.5) is 0 Å². The molecule has 0 aliphatic carbocycles. The van der Waals surface area contributed by atoms with Crippen LogP contribution in [0.2, 0.25) is 0 Å². The third kappa shape index (κ3) is 3.06. The first-order valence-corrected chi connectivity index (χ1v) is 9.85. The number of rotatable bonds is 6. The minimum absolute atomic E-state index is 0.205. The average Bonchev–Trinajstić information content (AvgIpc) is 3.38. The van der Waals surface area contributed by atoms with Crippen molar-refractivity contribution in [1.82, 2.24) is 25.6 Å². The fraction of sp³-hybridized carbons (Fsp3) is 0.556. The van der Waals surface area contributed by atoms with E-state index < -0.39 is 0 Å². The minimum atomic E-state index is -0.214. The number of nitrogens with one attached hydrogen (secondary N) is 2. The van der Waals surface area contributed by atoms with Crippen LogP contribution >= 0.6 is 11.3 Å². The van der Waals surface area contributed by atoms with Crippen LogP contribution in [0.5, 0.6) is 0 Å². The van der Waals surface area contributed by atoms with Gasteiger partial charge < -0.3 is 10.6 Å². The smallest absolute Gasteiger partial charge is 0.227 e. The molecule has 3 atom stereocenters. The normalized spacial score (nSPS) is 27.6. The molecule has 2 bridgehead atoms. The molecular weight excluding hydrogens is 334 g/mol. The molecule has 6 nitrogen and oxygen atoms in total. The number of carbonyl (C=O) groups excluding carboxylic acids is 1. The van der Waals surface area contributed by atoms with Crippen LogP contribution in [0, 0.1) is 5.41 Å². The number of carbonyl (C=O) groups is 1. The molecule has 25 heavy (non-hydrogen) atoms. The molecule has 7 heteroatoms. The molecule has 0 aromatic carbocycles. The van der Waals surface area contributed by atoms with E-state index in [9.17, 15) is 4.79 Å². The van der Waals surface area contributed by atoms with Crippen LogP contribution in [0.1, 0.15) is 38.3 Å². The number of aromatic nitrogens is 3. The Morgan fingerprint density at radius 1 is 1.40 bits per heavy atom. The predicted molar refractivity (Wildman–Crippen MR) is 97.1 cm³/mol. The van der Waals surface area contributed by atoms with Crippen molar-refractivity contribution in [2.75, 3.05) is 6.54 Å². The molecule has 0 radical (unpaired) electrons. The lowest BCUT2D eigenvalue weighted by Gasteiger charge is -2.34. The molecule has 2 aromatic heterocycles. The van der Waals surface area contributed by atoms with Crippen LogP contribution in [-0.2, 0) is 11.2 Å². The predicted octanol–water partition coefficient (Wildman–Crippen LogP) is 2.18. The monoisotopic (exact) mass is 357 g/mol. The highest BCUT2D eigenvalue weighted by atomic mass is 32.1. The summed E-state index contributed by atoms with van der Waals surface area (Å²) in [4.78, 5) is 25.8. The van der Waals surface area contributed by atoms with E-state index in [1.807, 2.05) is 5.38 Å². The van der Waals surface area contributed by atoms with E-state index >= 15 is 0 Å². The Kier molecular flexibility index (Phi) is 4.52. The number of nitrogens with zero attached hydrogens (tertiary/aromatic N) is 3. The third-order valence-electron chi connectivity index (χ3n) is 5.58. The summed E-state index contributed by atoms with van der Waals surface area (Å²) in [5, 5.41) is 9.59. The zero-order valence-corrected chi connectivity index (χ0v) is 15.2. The number of hydrogen-bond donors (Lipinski definition) is 2. The number of fused-ring (bicyclic) bond motifs is 2. The van der Waals surface area contributed by atoms with Crippen molar-refractivity contribution >= 4 is 17.2 Å². The second kappa shape index (κ2) is 6.80. The summed E-state index contributed by atoms with van der Waals surface area (Å²) >= 11 is 1.54. The van der Waals surface area contributed by atoms with Crippen molar-refractivity contribution in [3.63, 3.8) is 0 Å². The van der Waals surface area contributed by atoms with Gasteiger partial charge in [-0.25, -0.2) is 15.0 Å². The fourth-order valence-electron chi connectivity index (χ4n) is 4.21. The van der Waals surface area contributed by atoms with E-state index in [1.165, 1.54) is 6.42 Å². The van der Waals surface area contributed by atoms with Crippen LogP contribution in [0.25, 0.3) is 10.8 Å². The first-order chi connectivity index (χ1) is 12.2. The Morgan fingerprint density at radius 3 is 2.92 bits per heavy atom. The Morgan fingerprint density at radius 2 is 2.24 bits per heavy atom. The quantitative estimate of drug-likeness (QED) is 0.828. The van der Waals surface area contributed by atoms with Crippen LogP contribution in [0.15, 0.2) is 23.8 Å². The summed E-state index contributed by atoms with van der Waals surface area (Å²) in [6, 6.07) is 2.67. The van der Waals surface area contributed by atoms with Gasteiger partial charge in [-0.2, -0.15) is 0 Å². The summed E-state index contributed by atoms with van der Waals surface area (Å²) in [6.07, 6.45) is 8.39. The van der Waals surface area contributed by atoms with E-state index in [0.29, 0.717) is 24.5 Å². The second-order valence-electron chi connectivity index (χ2n) is 6.93. The van der Waals surface area contributed by atoms with Gasteiger partial charge >= 0.3 is 0 Å². The number of amides is 1. The van der Waals surface area contributed by atoms with Gasteiger partial charge in [-0.05, 0) is 31.7 Å². The van der Waals surface area contributed by atoms with Crippen molar-refractivity contribution in [3.05, 3.63) is 29.5 Å². The fourth-order valence-corrected chi connectivity index (χ4v) is 5.01. The van der Waals surface area contributed by atoms with Gasteiger partial charge in [-0.3, -0.25) is 4.79 Å². The Hall–Kier alpha value is -1.86. The molecule has 0 unspecified atom stereocenters. The highest BCUT2D eigenvalue weighted by Crippen LogP contribution is 2.45. The van der Waals surface area contributed by atoms with Crippen molar-refractivity contribution in [2.45, 2.75) is 51.1 Å². The van der Waals surface area contributed by atoms with E-state index in [-0.39, 0.29) is 11.3 Å². The highest BCUT2D eigenvalue weighted by molar-refractivity contribution is 7.13. The standard InChI is InChI=1S/C18H23N5OS/c1-2-18(10-12-4-5-14(18)22-12)17(24)21-9-6-13-11-25-16(23-13)15-19-7-3-8-20-15/h3,7-8,11-12,14,22H,2,4-6,9-10H2,1H3,(H,21,24)/t12-,14+,18+/m0/s1. The summed E-state index contributed by atoms with van der Waals surface area (Å²) < 4.78 is 0. The van der Waals surface area contributed by atoms with E-state index in [4.69, 9.17) is 0 Å². The lowest BCUT2D eigenvalue weighted by atomic mass is 9.71. The van der Waals surface area contributed by atoms with Crippen LogP contribution in [0.3, 0.4) is 0 Å². The molecule has 4 rings (SSSR count). The largest absolute Gasteiger partial charge is 0.355 e. The zero-order chi connectivity index (χ0) is 17.3.